The average molecular weight is 260 g/mol. The Morgan fingerprint density at radius 3 is 2.84 bits per heavy atom. The quantitative estimate of drug-likeness (QED) is 0.894. The van der Waals surface area contributed by atoms with Gasteiger partial charge in [0.05, 0.1) is 6.04 Å². The number of aryl methyl sites for hydroxylation is 1. The lowest BCUT2D eigenvalue weighted by molar-refractivity contribution is 0.312. The first-order chi connectivity index (χ1) is 9.17. The van der Waals surface area contributed by atoms with E-state index in [-0.39, 0.29) is 6.04 Å². The number of hydrogen-bond donors (Lipinski definition) is 1. The lowest BCUT2D eigenvalue weighted by Gasteiger charge is -2.13. The van der Waals surface area contributed by atoms with Gasteiger partial charge < -0.3 is 10.3 Å². The molecule has 2 N–H and O–H groups in total. The number of pyridine rings is 1. The molecule has 2 atom stereocenters. The van der Waals surface area contributed by atoms with Crippen LogP contribution in [0.2, 0.25) is 0 Å². The molecule has 0 saturated carbocycles. The molecule has 0 aliphatic rings. The molecule has 0 aliphatic heterocycles. The van der Waals surface area contributed by atoms with E-state index in [2.05, 4.69) is 35.9 Å². The van der Waals surface area contributed by atoms with E-state index in [1.165, 1.54) is 0 Å². The van der Waals surface area contributed by atoms with Crippen molar-refractivity contribution in [1.82, 2.24) is 15.1 Å². The summed E-state index contributed by atoms with van der Waals surface area (Å²) in [7, 11) is 0. The number of rotatable bonds is 5. The number of nitrogens with zero attached hydrogens (tertiary/aromatic N) is 3. The Morgan fingerprint density at radius 1 is 1.37 bits per heavy atom. The molecule has 19 heavy (non-hydrogen) atoms. The summed E-state index contributed by atoms with van der Waals surface area (Å²) in [6.45, 7) is 6.25. The van der Waals surface area contributed by atoms with E-state index in [0.29, 0.717) is 17.6 Å². The van der Waals surface area contributed by atoms with Crippen LogP contribution in [0.3, 0.4) is 0 Å². The minimum Gasteiger partial charge on any atom is -0.337 e. The van der Waals surface area contributed by atoms with Crippen molar-refractivity contribution in [2.24, 2.45) is 11.7 Å². The topological polar surface area (TPSA) is 77.8 Å². The van der Waals surface area contributed by atoms with Gasteiger partial charge in [0.25, 0.3) is 0 Å². The Bertz CT molecular complexity index is 538. The number of nitrogens with two attached hydrogens (primary N) is 1. The third-order valence-corrected chi connectivity index (χ3v) is 3.51. The molecular weight excluding hydrogens is 240 g/mol. The third kappa shape index (κ3) is 2.81. The first-order valence-corrected chi connectivity index (χ1v) is 6.69. The van der Waals surface area contributed by atoms with E-state index < -0.39 is 0 Å². The highest BCUT2D eigenvalue weighted by Gasteiger charge is 2.21. The van der Waals surface area contributed by atoms with Crippen LogP contribution in [0, 0.1) is 5.92 Å². The molecule has 0 amide bonds. The summed E-state index contributed by atoms with van der Waals surface area (Å²) >= 11 is 0. The van der Waals surface area contributed by atoms with Crippen molar-refractivity contribution in [3.8, 4) is 11.4 Å². The highest BCUT2D eigenvalue weighted by atomic mass is 16.5. The SMILES string of the molecule is CCc1cnccc1-c1noc([C@@H](N)C(C)CC)n1. The standard InChI is InChI=1S/C14H20N4O/c1-4-9(3)12(15)14-17-13(18-19-14)11-6-7-16-8-10(11)5-2/h6-9,12H,4-5,15H2,1-3H3/t9?,12-/m0/s1. The van der Waals surface area contributed by atoms with Gasteiger partial charge in [-0.2, -0.15) is 4.98 Å². The number of aromatic nitrogens is 3. The fourth-order valence-electron chi connectivity index (χ4n) is 1.90. The van der Waals surface area contributed by atoms with E-state index in [0.717, 1.165) is 24.0 Å². The molecule has 2 heterocycles. The molecule has 5 nitrogen and oxygen atoms in total. The molecule has 1 unspecified atom stereocenters. The monoisotopic (exact) mass is 260 g/mol. The average Bonchev–Trinajstić information content (AvgIpc) is 2.95. The first kappa shape index (κ1) is 13.7. The van der Waals surface area contributed by atoms with Crippen LogP contribution in [-0.2, 0) is 6.42 Å². The first-order valence-electron chi connectivity index (χ1n) is 6.69. The van der Waals surface area contributed by atoms with Gasteiger partial charge in [-0.15, -0.1) is 0 Å². The minimum absolute atomic E-state index is 0.210. The van der Waals surface area contributed by atoms with Crippen molar-refractivity contribution < 1.29 is 4.52 Å². The highest BCUT2D eigenvalue weighted by molar-refractivity contribution is 5.58. The van der Waals surface area contributed by atoms with Crippen LogP contribution in [0.25, 0.3) is 11.4 Å². The van der Waals surface area contributed by atoms with Crippen LogP contribution < -0.4 is 5.73 Å². The van der Waals surface area contributed by atoms with Crippen molar-refractivity contribution in [1.29, 1.82) is 0 Å². The Labute approximate surface area is 113 Å². The zero-order valence-electron chi connectivity index (χ0n) is 11.6. The predicted molar refractivity (Wildman–Crippen MR) is 73.3 cm³/mol. The minimum atomic E-state index is -0.210. The number of hydrogen-bond acceptors (Lipinski definition) is 5. The van der Waals surface area contributed by atoms with Crippen molar-refractivity contribution in [2.45, 2.75) is 39.7 Å². The molecular formula is C14H20N4O. The molecule has 0 radical (unpaired) electrons. The van der Waals surface area contributed by atoms with Gasteiger partial charge >= 0.3 is 0 Å². The van der Waals surface area contributed by atoms with Crippen LogP contribution in [0.4, 0.5) is 0 Å². The van der Waals surface area contributed by atoms with Gasteiger partial charge in [0.2, 0.25) is 11.7 Å². The smallest absolute Gasteiger partial charge is 0.244 e. The maximum atomic E-state index is 6.10. The van der Waals surface area contributed by atoms with Crippen LogP contribution >= 0.6 is 0 Å². The van der Waals surface area contributed by atoms with Crippen LogP contribution in [0.15, 0.2) is 23.0 Å². The van der Waals surface area contributed by atoms with Gasteiger partial charge in [0.1, 0.15) is 0 Å². The van der Waals surface area contributed by atoms with Crippen LogP contribution in [0.1, 0.15) is 44.7 Å². The zero-order valence-corrected chi connectivity index (χ0v) is 11.6. The molecule has 0 bridgehead atoms. The second-order valence-electron chi connectivity index (χ2n) is 4.75. The zero-order chi connectivity index (χ0) is 13.8. The summed E-state index contributed by atoms with van der Waals surface area (Å²) in [5.74, 6) is 1.41. The van der Waals surface area contributed by atoms with Gasteiger partial charge in [-0.3, -0.25) is 4.98 Å². The molecule has 0 saturated heterocycles. The maximum Gasteiger partial charge on any atom is 0.244 e. The van der Waals surface area contributed by atoms with Gasteiger partial charge in [-0.25, -0.2) is 0 Å². The van der Waals surface area contributed by atoms with E-state index in [4.69, 9.17) is 10.3 Å². The Kier molecular flexibility index (Phi) is 4.27. The maximum absolute atomic E-state index is 6.10. The molecule has 2 aromatic heterocycles. The van der Waals surface area contributed by atoms with Crippen molar-refractivity contribution in [2.75, 3.05) is 0 Å². The molecule has 0 aliphatic carbocycles. The van der Waals surface area contributed by atoms with E-state index in [9.17, 15) is 0 Å². The summed E-state index contributed by atoms with van der Waals surface area (Å²) < 4.78 is 5.30. The van der Waals surface area contributed by atoms with E-state index in [1.807, 2.05) is 12.3 Å². The Morgan fingerprint density at radius 2 is 2.16 bits per heavy atom. The summed E-state index contributed by atoms with van der Waals surface area (Å²) in [4.78, 5) is 8.54. The van der Waals surface area contributed by atoms with Gasteiger partial charge in [-0.05, 0) is 24.0 Å². The largest absolute Gasteiger partial charge is 0.337 e. The third-order valence-electron chi connectivity index (χ3n) is 3.51. The Balaban J connectivity index is 2.30. The molecule has 5 heteroatoms. The van der Waals surface area contributed by atoms with Crippen molar-refractivity contribution in [3.63, 3.8) is 0 Å². The highest BCUT2D eigenvalue weighted by Crippen LogP contribution is 2.25. The summed E-state index contributed by atoms with van der Waals surface area (Å²) in [6, 6.07) is 1.69. The lowest BCUT2D eigenvalue weighted by Crippen LogP contribution is -2.18. The van der Waals surface area contributed by atoms with Gasteiger partial charge in [0, 0.05) is 18.0 Å². The lowest BCUT2D eigenvalue weighted by atomic mass is 10.0. The van der Waals surface area contributed by atoms with Crippen LogP contribution in [-0.4, -0.2) is 15.1 Å². The fraction of sp³-hybridized carbons (Fsp3) is 0.500. The normalized spacial score (nSPS) is 14.3. The van der Waals surface area contributed by atoms with E-state index >= 15 is 0 Å². The summed E-state index contributed by atoms with van der Waals surface area (Å²) in [6.07, 6.45) is 5.43. The molecule has 0 aromatic carbocycles. The van der Waals surface area contributed by atoms with Crippen molar-refractivity contribution >= 4 is 0 Å². The van der Waals surface area contributed by atoms with Crippen molar-refractivity contribution in [3.05, 3.63) is 29.9 Å². The molecule has 0 fully saturated rings. The predicted octanol–water partition coefficient (Wildman–Crippen LogP) is 2.74. The molecule has 0 spiro atoms. The van der Waals surface area contributed by atoms with Gasteiger partial charge in [-0.1, -0.05) is 32.3 Å². The molecule has 2 aromatic rings. The summed E-state index contributed by atoms with van der Waals surface area (Å²) in [5.41, 5.74) is 8.17. The molecule has 2 rings (SSSR count). The Hall–Kier alpha value is -1.75. The van der Waals surface area contributed by atoms with Gasteiger partial charge in [0.15, 0.2) is 0 Å². The fourth-order valence-corrected chi connectivity index (χ4v) is 1.90. The summed E-state index contributed by atoms with van der Waals surface area (Å²) in [5, 5.41) is 4.04. The second-order valence-corrected chi connectivity index (χ2v) is 4.75. The molecule has 102 valence electrons. The van der Waals surface area contributed by atoms with Crippen LogP contribution in [0.5, 0.6) is 0 Å². The second kappa shape index (κ2) is 5.93. The van der Waals surface area contributed by atoms with E-state index in [1.54, 1.807) is 6.20 Å².